The van der Waals surface area contributed by atoms with Gasteiger partial charge in [0.1, 0.15) is 10.9 Å². The molecule has 0 saturated heterocycles. The zero-order valence-corrected chi connectivity index (χ0v) is 17.3. The van der Waals surface area contributed by atoms with Crippen molar-refractivity contribution in [3.05, 3.63) is 40.4 Å². The van der Waals surface area contributed by atoms with Crippen LogP contribution in [0, 0.1) is 0 Å². The molecule has 0 radical (unpaired) electrons. The van der Waals surface area contributed by atoms with E-state index in [1.54, 1.807) is 24.3 Å². The van der Waals surface area contributed by atoms with Gasteiger partial charge in [-0.2, -0.15) is 0 Å². The maximum Gasteiger partial charge on any atom is 0.350 e. The number of thiazole rings is 1. The third-order valence-electron chi connectivity index (χ3n) is 4.29. The zero-order valence-electron chi connectivity index (χ0n) is 16.5. The average molecular weight is 446 g/mol. The fourth-order valence-electron chi connectivity index (χ4n) is 2.80. The summed E-state index contributed by atoms with van der Waals surface area (Å²) in [7, 11) is 2.37. The molecular formula is C19H18N4O7S. The maximum absolute atomic E-state index is 12.5. The Labute approximate surface area is 180 Å². The molecule has 1 atom stereocenters. The van der Waals surface area contributed by atoms with Crippen LogP contribution in [0.3, 0.4) is 0 Å². The standard InChI is InChI=1S/C19H18N4O7S/c1-29-14(25)8-11-15(18(28)30-2)31-19(22-11)23-13(24)7-12-17(27)20-10-6-4-3-5-9(10)16(26)21-12/h3-6,12H,7-8H2,1-2H3,(H,20,27)(H,21,26)(H,22,23,24)/t12-/m0/s1. The molecule has 31 heavy (non-hydrogen) atoms. The lowest BCUT2D eigenvalue weighted by Crippen LogP contribution is -2.43. The molecule has 1 aromatic carbocycles. The van der Waals surface area contributed by atoms with Crippen molar-refractivity contribution in [3.8, 4) is 0 Å². The Morgan fingerprint density at radius 1 is 1.16 bits per heavy atom. The third kappa shape index (κ3) is 5.04. The number of fused-ring (bicyclic) bond motifs is 1. The number of nitrogens with one attached hydrogen (secondary N) is 3. The molecule has 0 aliphatic carbocycles. The lowest BCUT2D eigenvalue weighted by atomic mass is 10.1. The Hall–Kier alpha value is -3.80. The molecule has 162 valence electrons. The van der Waals surface area contributed by atoms with Crippen LogP contribution >= 0.6 is 11.3 Å². The van der Waals surface area contributed by atoms with E-state index in [-0.39, 0.29) is 34.1 Å². The molecule has 12 heteroatoms. The van der Waals surface area contributed by atoms with Crippen molar-refractivity contribution in [2.24, 2.45) is 0 Å². The van der Waals surface area contributed by atoms with Crippen molar-refractivity contribution < 1.29 is 33.4 Å². The SMILES string of the molecule is COC(=O)Cc1nc(NC(=O)C[C@@H]2NC(=O)c3ccccc3NC2=O)sc1C(=O)OC. The minimum absolute atomic E-state index is 0.0351. The highest BCUT2D eigenvalue weighted by molar-refractivity contribution is 7.17. The number of ether oxygens (including phenoxy) is 2. The Kier molecular flexibility index (Phi) is 6.60. The largest absolute Gasteiger partial charge is 0.469 e. The van der Waals surface area contributed by atoms with Crippen molar-refractivity contribution in [1.82, 2.24) is 10.3 Å². The average Bonchev–Trinajstić information content (AvgIpc) is 3.09. The van der Waals surface area contributed by atoms with Crippen LogP contribution in [-0.4, -0.2) is 54.9 Å². The zero-order chi connectivity index (χ0) is 22.5. The number of para-hydroxylation sites is 1. The molecule has 0 saturated carbocycles. The highest BCUT2D eigenvalue weighted by atomic mass is 32.1. The topological polar surface area (TPSA) is 153 Å². The van der Waals surface area contributed by atoms with Crippen LogP contribution in [0.1, 0.15) is 32.1 Å². The molecule has 3 amide bonds. The van der Waals surface area contributed by atoms with Crippen molar-refractivity contribution in [3.63, 3.8) is 0 Å². The number of hydrogen-bond acceptors (Lipinski definition) is 9. The first-order chi connectivity index (χ1) is 14.8. The minimum atomic E-state index is -1.12. The molecule has 0 unspecified atom stereocenters. The second-order valence-corrected chi connectivity index (χ2v) is 7.35. The van der Waals surface area contributed by atoms with Gasteiger partial charge in [-0.1, -0.05) is 23.5 Å². The number of methoxy groups -OCH3 is 2. The number of aromatic nitrogens is 1. The normalized spacial score (nSPS) is 15.1. The second kappa shape index (κ2) is 9.34. The number of carbonyl (C=O) groups excluding carboxylic acids is 5. The van der Waals surface area contributed by atoms with E-state index >= 15 is 0 Å². The highest BCUT2D eigenvalue weighted by Gasteiger charge is 2.30. The number of anilines is 2. The van der Waals surface area contributed by atoms with Gasteiger partial charge >= 0.3 is 11.9 Å². The van der Waals surface area contributed by atoms with Gasteiger partial charge in [0.25, 0.3) is 5.91 Å². The van der Waals surface area contributed by atoms with E-state index in [1.807, 2.05) is 0 Å². The smallest absolute Gasteiger partial charge is 0.350 e. The summed E-state index contributed by atoms with van der Waals surface area (Å²) >= 11 is 0.817. The predicted octanol–water partition coefficient (Wildman–Crippen LogP) is 0.724. The number of benzene rings is 1. The van der Waals surface area contributed by atoms with Gasteiger partial charge < -0.3 is 25.4 Å². The summed E-state index contributed by atoms with van der Waals surface area (Å²) in [5.41, 5.74) is 0.729. The van der Waals surface area contributed by atoms with Gasteiger partial charge in [-0.15, -0.1) is 0 Å². The van der Waals surface area contributed by atoms with E-state index in [2.05, 4.69) is 30.4 Å². The number of esters is 2. The quantitative estimate of drug-likeness (QED) is 0.549. The van der Waals surface area contributed by atoms with E-state index in [4.69, 9.17) is 0 Å². The van der Waals surface area contributed by atoms with E-state index in [1.165, 1.54) is 14.2 Å². The van der Waals surface area contributed by atoms with Crippen LogP contribution in [0.15, 0.2) is 24.3 Å². The molecule has 0 spiro atoms. The highest BCUT2D eigenvalue weighted by Crippen LogP contribution is 2.25. The molecule has 1 aliphatic heterocycles. The first-order valence-electron chi connectivity index (χ1n) is 8.97. The first kappa shape index (κ1) is 21.9. The van der Waals surface area contributed by atoms with Gasteiger partial charge in [-0.3, -0.25) is 19.2 Å². The van der Waals surface area contributed by atoms with Crippen LogP contribution < -0.4 is 16.0 Å². The fraction of sp³-hybridized carbons (Fsp3) is 0.263. The summed E-state index contributed by atoms with van der Waals surface area (Å²) in [6, 6.07) is 5.36. The van der Waals surface area contributed by atoms with Crippen LogP contribution in [0.4, 0.5) is 10.8 Å². The summed E-state index contributed by atoms with van der Waals surface area (Å²) in [5, 5.41) is 7.63. The van der Waals surface area contributed by atoms with Crippen molar-refractivity contribution in [2.45, 2.75) is 18.9 Å². The molecule has 0 fully saturated rings. The summed E-state index contributed by atoms with van der Waals surface area (Å²) in [6.45, 7) is 0. The third-order valence-corrected chi connectivity index (χ3v) is 5.29. The lowest BCUT2D eigenvalue weighted by molar-refractivity contribution is -0.139. The Balaban J connectivity index is 1.72. The van der Waals surface area contributed by atoms with Gasteiger partial charge in [-0.05, 0) is 12.1 Å². The van der Waals surface area contributed by atoms with E-state index < -0.39 is 35.7 Å². The number of hydrogen-bond donors (Lipinski definition) is 3. The van der Waals surface area contributed by atoms with Crippen molar-refractivity contribution >= 4 is 51.8 Å². The molecule has 2 heterocycles. The summed E-state index contributed by atoms with van der Waals surface area (Å²) in [6.07, 6.45) is -0.655. The fourth-order valence-corrected chi connectivity index (χ4v) is 3.71. The number of nitrogens with zero attached hydrogens (tertiary/aromatic N) is 1. The Morgan fingerprint density at radius 3 is 2.61 bits per heavy atom. The lowest BCUT2D eigenvalue weighted by Gasteiger charge is -2.13. The molecule has 3 N–H and O–H groups in total. The number of amides is 3. The summed E-state index contributed by atoms with van der Waals surface area (Å²) < 4.78 is 9.24. The molecular weight excluding hydrogens is 428 g/mol. The molecule has 3 rings (SSSR count). The van der Waals surface area contributed by atoms with Gasteiger partial charge in [0, 0.05) is 0 Å². The first-order valence-corrected chi connectivity index (χ1v) is 9.79. The molecule has 1 aromatic heterocycles. The Bertz CT molecular complexity index is 1070. The van der Waals surface area contributed by atoms with Crippen LogP contribution in [0.25, 0.3) is 0 Å². The Morgan fingerprint density at radius 2 is 1.90 bits per heavy atom. The van der Waals surface area contributed by atoms with E-state index in [0.717, 1.165) is 11.3 Å². The van der Waals surface area contributed by atoms with Gasteiger partial charge in [0.2, 0.25) is 11.8 Å². The van der Waals surface area contributed by atoms with E-state index in [9.17, 15) is 24.0 Å². The van der Waals surface area contributed by atoms with Crippen LogP contribution in [0.5, 0.6) is 0 Å². The van der Waals surface area contributed by atoms with Gasteiger partial charge in [0.15, 0.2) is 5.13 Å². The van der Waals surface area contributed by atoms with E-state index in [0.29, 0.717) is 5.69 Å². The molecule has 1 aliphatic rings. The minimum Gasteiger partial charge on any atom is -0.469 e. The van der Waals surface area contributed by atoms with Crippen molar-refractivity contribution in [2.75, 3.05) is 24.9 Å². The predicted molar refractivity (Wildman–Crippen MR) is 109 cm³/mol. The van der Waals surface area contributed by atoms with Crippen molar-refractivity contribution in [1.29, 1.82) is 0 Å². The molecule has 0 bridgehead atoms. The van der Waals surface area contributed by atoms with Gasteiger partial charge in [-0.25, -0.2) is 9.78 Å². The molecule has 2 aromatic rings. The number of carbonyl (C=O) groups is 5. The monoisotopic (exact) mass is 446 g/mol. The second-order valence-electron chi connectivity index (χ2n) is 6.35. The van der Waals surface area contributed by atoms with Gasteiger partial charge in [0.05, 0.1) is 44.0 Å². The maximum atomic E-state index is 12.5. The summed E-state index contributed by atoms with van der Waals surface area (Å²) in [4.78, 5) is 64.8. The molecule has 11 nitrogen and oxygen atoms in total. The summed E-state index contributed by atoms with van der Waals surface area (Å²) in [5.74, 6) is -3.00. The van der Waals surface area contributed by atoms with Crippen LogP contribution in [0.2, 0.25) is 0 Å². The number of rotatable bonds is 6. The van der Waals surface area contributed by atoms with Crippen LogP contribution in [-0.2, 0) is 30.3 Å².